The molecule has 0 radical (unpaired) electrons. The number of hydrogen-bond donors (Lipinski definition) is 1. The van der Waals surface area contributed by atoms with E-state index in [0.29, 0.717) is 12.1 Å². The van der Waals surface area contributed by atoms with Gasteiger partial charge in [-0.15, -0.1) is 0 Å². The van der Waals surface area contributed by atoms with E-state index >= 15 is 0 Å². The number of rotatable bonds is 4. The minimum atomic E-state index is -0.0761. The SMILES string of the molecule is Cc1ccc(C(=O)NCc2cccnc2-c2ccccc2)cc1. The molecule has 3 aromatic rings. The van der Waals surface area contributed by atoms with E-state index in [4.69, 9.17) is 0 Å². The highest BCUT2D eigenvalue weighted by Gasteiger charge is 2.09. The third-order valence-electron chi connectivity index (χ3n) is 3.69. The number of carbonyl (C=O) groups excluding carboxylic acids is 1. The van der Waals surface area contributed by atoms with Crippen LogP contribution in [0.5, 0.6) is 0 Å². The molecule has 114 valence electrons. The average Bonchev–Trinajstić information content (AvgIpc) is 2.61. The van der Waals surface area contributed by atoms with Crippen LogP contribution in [0.15, 0.2) is 72.9 Å². The summed E-state index contributed by atoms with van der Waals surface area (Å²) >= 11 is 0. The normalized spacial score (nSPS) is 10.3. The van der Waals surface area contributed by atoms with Gasteiger partial charge in [0.05, 0.1) is 5.69 Å². The Morgan fingerprint density at radius 3 is 2.43 bits per heavy atom. The topological polar surface area (TPSA) is 42.0 Å². The van der Waals surface area contributed by atoms with Crippen LogP contribution in [-0.4, -0.2) is 10.9 Å². The first-order chi connectivity index (χ1) is 11.2. The molecule has 3 rings (SSSR count). The maximum Gasteiger partial charge on any atom is 0.251 e. The van der Waals surface area contributed by atoms with Crippen molar-refractivity contribution in [2.45, 2.75) is 13.5 Å². The van der Waals surface area contributed by atoms with Crippen molar-refractivity contribution in [1.29, 1.82) is 0 Å². The Hall–Kier alpha value is -2.94. The van der Waals surface area contributed by atoms with Gasteiger partial charge in [0.15, 0.2) is 0 Å². The quantitative estimate of drug-likeness (QED) is 0.792. The molecule has 0 aliphatic carbocycles. The zero-order chi connectivity index (χ0) is 16.1. The molecule has 0 bridgehead atoms. The van der Waals surface area contributed by atoms with Gasteiger partial charge in [-0.25, -0.2) is 0 Å². The molecule has 0 unspecified atom stereocenters. The molecule has 0 aliphatic rings. The predicted octanol–water partition coefficient (Wildman–Crippen LogP) is 3.99. The summed E-state index contributed by atoms with van der Waals surface area (Å²) in [5.41, 5.74) is 4.75. The highest BCUT2D eigenvalue weighted by molar-refractivity contribution is 5.94. The number of nitrogens with zero attached hydrogens (tertiary/aromatic N) is 1. The number of nitrogens with one attached hydrogen (secondary N) is 1. The van der Waals surface area contributed by atoms with Crippen molar-refractivity contribution in [3.63, 3.8) is 0 Å². The zero-order valence-electron chi connectivity index (χ0n) is 13.0. The van der Waals surface area contributed by atoms with Crippen LogP contribution in [0, 0.1) is 6.92 Å². The van der Waals surface area contributed by atoms with Gasteiger partial charge in [0.2, 0.25) is 0 Å². The van der Waals surface area contributed by atoms with Gasteiger partial charge in [0.25, 0.3) is 5.91 Å². The summed E-state index contributed by atoms with van der Waals surface area (Å²) in [6.45, 7) is 2.45. The molecule has 23 heavy (non-hydrogen) atoms. The second kappa shape index (κ2) is 6.88. The zero-order valence-corrected chi connectivity index (χ0v) is 13.0. The van der Waals surface area contributed by atoms with Crippen molar-refractivity contribution < 1.29 is 4.79 Å². The van der Waals surface area contributed by atoms with Crippen molar-refractivity contribution in [3.05, 3.63) is 89.6 Å². The Balaban J connectivity index is 1.76. The standard InChI is InChI=1S/C20H18N2O/c1-15-9-11-17(12-10-15)20(23)22-14-18-8-5-13-21-19(18)16-6-3-2-4-7-16/h2-13H,14H2,1H3,(H,22,23). The Morgan fingerprint density at radius 2 is 1.70 bits per heavy atom. The van der Waals surface area contributed by atoms with Crippen LogP contribution in [0.25, 0.3) is 11.3 Å². The van der Waals surface area contributed by atoms with Gasteiger partial charge < -0.3 is 5.32 Å². The van der Waals surface area contributed by atoms with Crippen molar-refractivity contribution in [2.75, 3.05) is 0 Å². The van der Waals surface area contributed by atoms with Gasteiger partial charge in [-0.2, -0.15) is 0 Å². The monoisotopic (exact) mass is 302 g/mol. The third kappa shape index (κ3) is 3.64. The van der Waals surface area contributed by atoms with Gasteiger partial charge in [0, 0.05) is 23.9 Å². The highest BCUT2D eigenvalue weighted by atomic mass is 16.1. The fraction of sp³-hybridized carbons (Fsp3) is 0.100. The lowest BCUT2D eigenvalue weighted by Gasteiger charge is -2.10. The largest absolute Gasteiger partial charge is 0.348 e. The molecule has 0 aliphatic heterocycles. The average molecular weight is 302 g/mol. The molecule has 3 nitrogen and oxygen atoms in total. The van der Waals surface area contributed by atoms with Crippen molar-refractivity contribution in [1.82, 2.24) is 10.3 Å². The fourth-order valence-corrected chi connectivity index (χ4v) is 2.42. The summed E-state index contributed by atoms with van der Waals surface area (Å²) in [6, 6.07) is 21.4. The van der Waals surface area contributed by atoms with E-state index in [9.17, 15) is 4.79 Å². The number of pyridine rings is 1. The summed E-state index contributed by atoms with van der Waals surface area (Å²) in [4.78, 5) is 16.7. The minimum Gasteiger partial charge on any atom is -0.348 e. The first-order valence-corrected chi connectivity index (χ1v) is 7.58. The molecule has 0 atom stereocenters. The minimum absolute atomic E-state index is 0.0761. The van der Waals surface area contributed by atoms with Gasteiger partial charge in [0.1, 0.15) is 0 Å². The van der Waals surface area contributed by atoms with Crippen LogP contribution in [0.3, 0.4) is 0 Å². The lowest BCUT2D eigenvalue weighted by Crippen LogP contribution is -2.23. The Kier molecular flexibility index (Phi) is 4.48. The molecular formula is C20H18N2O. The van der Waals surface area contributed by atoms with Gasteiger partial charge in [-0.1, -0.05) is 54.1 Å². The van der Waals surface area contributed by atoms with Gasteiger partial charge >= 0.3 is 0 Å². The molecule has 1 aromatic heterocycles. The number of amides is 1. The molecular weight excluding hydrogens is 284 g/mol. The fourth-order valence-electron chi connectivity index (χ4n) is 2.42. The maximum atomic E-state index is 12.2. The highest BCUT2D eigenvalue weighted by Crippen LogP contribution is 2.20. The Bertz CT molecular complexity index is 795. The molecule has 3 heteroatoms. The number of aromatic nitrogens is 1. The number of hydrogen-bond acceptors (Lipinski definition) is 2. The number of carbonyl (C=O) groups is 1. The van der Waals surface area contributed by atoms with E-state index in [1.807, 2.05) is 73.7 Å². The Morgan fingerprint density at radius 1 is 0.957 bits per heavy atom. The van der Waals surface area contributed by atoms with Crippen LogP contribution in [-0.2, 0) is 6.54 Å². The first-order valence-electron chi connectivity index (χ1n) is 7.58. The summed E-state index contributed by atoms with van der Waals surface area (Å²) < 4.78 is 0. The molecule has 2 aromatic carbocycles. The molecule has 1 amide bonds. The molecule has 1 heterocycles. The number of benzene rings is 2. The third-order valence-corrected chi connectivity index (χ3v) is 3.69. The second-order valence-electron chi connectivity index (χ2n) is 5.43. The van der Waals surface area contributed by atoms with E-state index in [2.05, 4.69) is 10.3 Å². The lowest BCUT2D eigenvalue weighted by atomic mass is 10.1. The Labute approximate surface area is 136 Å². The van der Waals surface area contributed by atoms with Crippen LogP contribution >= 0.6 is 0 Å². The van der Waals surface area contributed by atoms with E-state index in [1.54, 1.807) is 6.20 Å². The van der Waals surface area contributed by atoms with Crippen LogP contribution in [0.1, 0.15) is 21.5 Å². The van der Waals surface area contributed by atoms with Crippen molar-refractivity contribution in [3.8, 4) is 11.3 Å². The van der Waals surface area contributed by atoms with Crippen molar-refractivity contribution in [2.24, 2.45) is 0 Å². The second-order valence-corrected chi connectivity index (χ2v) is 5.43. The van der Waals surface area contributed by atoms with Crippen LogP contribution < -0.4 is 5.32 Å². The molecule has 0 saturated heterocycles. The smallest absolute Gasteiger partial charge is 0.251 e. The van der Waals surface area contributed by atoms with Gasteiger partial charge in [-0.05, 0) is 30.7 Å². The predicted molar refractivity (Wildman–Crippen MR) is 92.0 cm³/mol. The molecule has 0 fully saturated rings. The van der Waals surface area contributed by atoms with E-state index in [-0.39, 0.29) is 5.91 Å². The molecule has 0 spiro atoms. The van der Waals surface area contributed by atoms with E-state index in [1.165, 1.54) is 0 Å². The van der Waals surface area contributed by atoms with Crippen LogP contribution in [0.4, 0.5) is 0 Å². The van der Waals surface area contributed by atoms with Crippen LogP contribution in [0.2, 0.25) is 0 Å². The summed E-state index contributed by atoms with van der Waals surface area (Å²) in [7, 11) is 0. The summed E-state index contributed by atoms with van der Waals surface area (Å²) in [5.74, 6) is -0.0761. The van der Waals surface area contributed by atoms with E-state index in [0.717, 1.165) is 22.4 Å². The first kappa shape index (κ1) is 15.0. The maximum absolute atomic E-state index is 12.2. The van der Waals surface area contributed by atoms with E-state index < -0.39 is 0 Å². The molecule has 0 saturated carbocycles. The number of aryl methyl sites for hydroxylation is 1. The summed E-state index contributed by atoms with van der Waals surface area (Å²) in [6.07, 6.45) is 1.77. The van der Waals surface area contributed by atoms with Gasteiger partial charge in [-0.3, -0.25) is 9.78 Å². The van der Waals surface area contributed by atoms with Crippen molar-refractivity contribution >= 4 is 5.91 Å². The lowest BCUT2D eigenvalue weighted by molar-refractivity contribution is 0.0951. The summed E-state index contributed by atoms with van der Waals surface area (Å²) in [5, 5.41) is 2.97. The molecule has 1 N–H and O–H groups in total.